The summed E-state index contributed by atoms with van der Waals surface area (Å²) in [5.41, 5.74) is 9.01. The van der Waals surface area contributed by atoms with Crippen molar-refractivity contribution in [1.29, 1.82) is 0 Å². The summed E-state index contributed by atoms with van der Waals surface area (Å²) in [4.78, 5) is 10.9. The summed E-state index contributed by atoms with van der Waals surface area (Å²) in [5, 5.41) is 8.98. The van der Waals surface area contributed by atoms with Gasteiger partial charge in [0.15, 0.2) is 0 Å². The van der Waals surface area contributed by atoms with Gasteiger partial charge in [-0.25, -0.2) is 4.79 Å². The second kappa shape index (κ2) is 4.45. The number of nitrogens with two attached hydrogens (primary N) is 1. The second-order valence-electron chi connectivity index (χ2n) is 4.08. The number of hydrogen-bond acceptors (Lipinski definition) is 2. The lowest BCUT2D eigenvalue weighted by Gasteiger charge is -2.11. The topological polar surface area (TPSA) is 63.3 Å². The number of carboxylic acids is 1. The molecule has 0 amide bonds. The normalized spacial score (nSPS) is 12.5. The zero-order valence-corrected chi connectivity index (χ0v) is 9.37. The minimum Gasteiger partial charge on any atom is -0.478 e. The Hall–Kier alpha value is -1.35. The number of rotatable bonds is 3. The number of carboxylic acid groups (broad SMARTS) is 1. The molecular weight excluding hydrogens is 190 g/mol. The Kier molecular flexibility index (Phi) is 3.48. The molecule has 0 radical (unpaired) electrons. The number of carbonyl (C=O) groups is 1. The van der Waals surface area contributed by atoms with Crippen LogP contribution in [-0.4, -0.2) is 17.1 Å². The molecule has 1 aromatic carbocycles. The largest absolute Gasteiger partial charge is 0.478 e. The van der Waals surface area contributed by atoms with Gasteiger partial charge in [0.1, 0.15) is 0 Å². The molecule has 3 N–H and O–H groups in total. The lowest BCUT2D eigenvalue weighted by Crippen LogP contribution is -2.19. The van der Waals surface area contributed by atoms with Crippen LogP contribution in [0.4, 0.5) is 0 Å². The van der Waals surface area contributed by atoms with E-state index in [0.29, 0.717) is 12.0 Å². The smallest absolute Gasteiger partial charge is 0.335 e. The molecule has 3 heteroatoms. The molecule has 0 heterocycles. The maximum atomic E-state index is 10.9. The first-order valence-corrected chi connectivity index (χ1v) is 5.00. The third-order valence-corrected chi connectivity index (χ3v) is 2.46. The van der Waals surface area contributed by atoms with E-state index in [4.69, 9.17) is 10.8 Å². The van der Waals surface area contributed by atoms with Gasteiger partial charge < -0.3 is 10.8 Å². The van der Waals surface area contributed by atoms with Gasteiger partial charge in [-0.2, -0.15) is 0 Å². The minimum absolute atomic E-state index is 0.0491. The molecule has 1 rings (SSSR count). The molecule has 0 spiro atoms. The third kappa shape index (κ3) is 2.80. The predicted molar refractivity (Wildman–Crippen MR) is 60.2 cm³/mol. The van der Waals surface area contributed by atoms with E-state index in [1.807, 2.05) is 26.8 Å². The Balaban J connectivity index is 3.17. The summed E-state index contributed by atoms with van der Waals surface area (Å²) < 4.78 is 0. The van der Waals surface area contributed by atoms with E-state index >= 15 is 0 Å². The van der Waals surface area contributed by atoms with Crippen LogP contribution in [-0.2, 0) is 6.42 Å². The van der Waals surface area contributed by atoms with Crippen LogP contribution in [0, 0.1) is 13.8 Å². The van der Waals surface area contributed by atoms with Crippen LogP contribution in [0.2, 0.25) is 0 Å². The minimum atomic E-state index is -0.876. The molecule has 0 aromatic heterocycles. The van der Waals surface area contributed by atoms with Crippen molar-refractivity contribution >= 4 is 5.97 Å². The van der Waals surface area contributed by atoms with Crippen molar-refractivity contribution in [2.45, 2.75) is 33.2 Å². The Morgan fingerprint density at radius 1 is 1.40 bits per heavy atom. The van der Waals surface area contributed by atoms with Gasteiger partial charge in [-0.15, -0.1) is 0 Å². The molecule has 82 valence electrons. The quantitative estimate of drug-likeness (QED) is 0.795. The van der Waals surface area contributed by atoms with Gasteiger partial charge in [0.05, 0.1) is 5.56 Å². The van der Waals surface area contributed by atoms with Gasteiger partial charge in [0.2, 0.25) is 0 Å². The Morgan fingerprint density at radius 3 is 2.47 bits per heavy atom. The van der Waals surface area contributed by atoms with Crippen molar-refractivity contribution in [3.63, 3.8) is 0 Å². The summed E-state index contributed by atoms with van der Waals surface area (Å²) in [6.07, 6.45) is 0.715. The first-order valence-electron chi connectivity index (χ1n) is 5.00. The summed E-state index contributed by atoms with van der Waals surface area (Å²) in [6.45, 7) is 5.71. The van der Waals surface area contributed by atoms with E-state index in [2.05, 4.69) is 0 Å². The molecule has 3 nitrogen and oxygen atoms in total. The predicted octanol–water partition coefficient (Wildman–Crippen LogP) is 1.89. The van der Waals surface area contributed by atoms with Crippen molar-refractivity contribution in [2.24, 2.45) is 5.73 Å². The fourth-order valence-electron chi connectivity index (χ4n) is 1.69. The number of hydrogen-bond donors (Lipinski definition) is 2. The standard InChI is InChI=1S/C12H17NO2/c1-7-4-8(2)11(12(14)15)6-10(7)5-9(3)13/h4,6,9H,5,13H2,1-3H3,(H,14,15). The van der Waals surface area contributed by atoms with Crippen LogP contribution in [0.25, 0.3) is 0 Å². The highest BCUT2D eigenvalue weighted by Crippen LogP contribution is 2.17. The van der Waals surface area contributed by atoms with Gasteiger partial charge in [0.25, 0.3) is 0 Å². The van der Waals surface area contributed by atoms with Crippen LogP contribution in [0.3, 0.4) is 0 Å². The average Bonchev–Trinajstić information content (AvgIpc) is 2.08. The molecule has 0 saturated carbocycles. The van der Waals surface area contributed by atoms with Crippen molar-refractivity contribution in [3.8, 4) is 0 Å². The van der Waals surface area contributed by atoms with Crippen molar-refractivity contribution in [1.82, 2.24) is 0 Å². The lowest BCUT2D eigenvalue weighted by atomic mass is 9.96. The molecular formula is C12H17NO2. The monoisotopic (exact) mass is 207 g/mol. The maximum Gasteiger partial charge on any atom is 0.335 e. The Morgan fingerprint density at radius 2 is 2.00 bits per heavy atom. The van der Waals surface area contributed by atoms with Crippen LogP contribution >= 0.6 is 0 Å². The molecule has 1 atom stereocenters. The molecule has 0 aliphatic rings. The lowest BCUT2D eigenvalue weighted by molar-refractivity contribution is 0.0696. The van der Waals surface area contributed by atoms with Crippen molar-refractivity contribution in [2.75, 3.05) is 0 Å². The number of aromatic carboxylic acids is 1. The van der Waals surface area contributed by atoms with E-state index in [1.165, 1.54) is 0 Å². The van der Waals surface area contributed by atoms with E-state index in [0.717, 1.165) is 16.7 Å². The van der Waals surface area contributed by atoms with E-state index < -0.39 is 5.97 Å². The fourth-order valence-corrected chi connectivity index (χ4v) is 1.69. The molecule has 15 heavy (non-hydrogen) atoms. The van der Waals surface area contributed by atoms with E-state index in [1.54, 1.807) is 6.07 Å². The SMILES string of the molecule is Cc1cc(C)c(C(=O)O)cc1CC(C)N. The van der Waals surface area contributed by atoms with Crippen LogP contribution in [0.1, 0.15) is 34.0 Å². The molecule has 0 aliphatic heterocycles. The molecule has 0 aliphatic carbocycles. The fraction of sp³-hybridized carbons (Fsp3) is 0.417. The molecule has 0 bridgehead atoms. The highest BCUT2D eigenvalue weighted by atomic mass is 16.4. The van der Waals surface area contributed by atoms with Crippen molar-refractivity contribution < 1.29 is 9.90 Å². The van der Waals surface area contributed by atoms with Gasteiger partial charge in [-0.3, -0.25) is 0 Å². The first-order chi connectivity index (χ1) is 6.91. The van der Waals surface area contributed by atoms with Gasteiger partial charge >= 0.3 is 5.97 Å². The van der Waals surface area contributed by atoms with Crippen LogP contribution < -0.4 is 5.73 Å². The van der Waals surface area contributed by atoms with Crippen LogP contribution in [0.15, 0.2) is 12.1 Å². The number of benzene rings is 1. The molecule has 0 saturated heterocycles. The van der Waals surface area contributed by atoms with Gasteiger partial charge in [0, 0.05) is 6.04 Å². The Labute approximate surface area is 89.9 Å². The summed E-state index contributed by atoms with van der Waals surface area (Å²) in [5.74, 6) is -0.876. The zero-order chi connectivity index (χ0) is 11.6. The highest BCUT2D eigenvalue weighted by molar-refractivity contribution is 5.89. The average molecular weight is 207 g/mol. The Bertz CT molecular complexity index is 383. The van der Waals surface area contributed by atoms with E-state index in [-0.39, 0.29) is 6.04 Å². The summed E-state index contributed by atoms with van der Waals surface area (Å²) in [6, 6.07) is 3.69. The van der Waals surface area contributed by atoms with Gasteiger partial charge in [-0.1, -0.05) is 6.07 Å². The third-order valence-electron chi connectivity index (χ3n) is 2.46. The first kappa shape index (κ1) is 11.7. The number of aryl methyl sites for hydroxylation is 2. The van der Waals surface area contributed by atoms with Gasteiger partial charge in [-0.05, 0) is 49.9 Å². The van der Waals surface area contributed by atoms with E-state index in [9.17, 15) is 4.79 Å². The highest BCUT2D eigenvalue weighted by Gasteiger charge is 2.11. The summed E-state index contributed by atoms with van der Waals surface area (Å²) in [7, 11) is 0. The molecule has 1 unspecified atom stereocenters. The van der Waals surface area contributed by atoms with Crippen LogP contribution in [0.5, 0.6) is 0 Å². The zero-order valence-electron chi connectivity index (χ0n) is 9.37. The summed E-state index contributed by atoms with van der Waals surface area (Å²) >= 11 is 0. The maximum absolute atomic E-state index is 10.9. The second-order valence-corrected chi connectivity index (χ2v) is 4.08. The molecule has 0 fully saturated rings. The van der Waals surface area contributed by atoms with Crippen molar-refractivity contribution in [3.05, 3.63) is 34.4 Å². The molecule has 1 aromatic rings.